The number of halogens is 1. The number of hydrogen-bond donors (Lipinski definition) is 0. The minimum Gasteiger partial charge on any atom is -0.283 e. The number of benzene rings is 2. The smallest absolute Gasteiger partial charge is 0.232 e. The van der Waals surface area contributed by atoms with Crippen LogP contribution in [0.25, 0.3) is 10.2 Å². The van der Waals surface area contributed by atoms with Crippen molar-refractivity contribution in [3.05, 3.63) is 59.1 Å². The molecule has 1 aromatic heterocycles. The molecule has 1 aliphatic carbocycles. The van der Waals surface area contributed by atoms with Gasteiger partial charge in [-0.3, -0.25) is 9.69 Å². The maximum absolute atomic E-state index is 13.3. The molecule has 5 heteroatoms. The van der Waals surface area contributed by atoms with Crippen LogP contribution >= 0.6 is 22.9 Å². The summed E-state index contributed by atoms with van der Waals surface area (Å²) in [5.74, 6) is 0.304. The highest BCUT2D eigenvalue weighted by atomic mass is 35.5. The van der Waals surface area contributed by atoms with Crippen molar-refractivity contribution in [3.63, 3.8) is 0 Å². The van der Waals surface area contributed by atoms with Gasteiger partial charge < -0.3 is 0 Å². The second-order valence-electron chi connectivity index (χ2n) is 6.83. The number of carbonyl (C=O) groups excluding carboxylic acids is 1. The van der Waals surface area contributed by atoms with Crippen LogP contribution in [0, 0.1) is 5.92 Å². The van der Waals surface area contributed by atoms with Crippen molar-refractivity contribution in [2.75, 3.05) is 4.90 Å². The van der Waals surface area contributed by atoms with Gasteiger partial charge in [0.15, 0.2) is 5.13 Å². The first-order valence-corrected chi connectivity index (χ1v) is 10.3. The molecule has 0 radical (unpaired) electrons. The van der Waals surface area contributed by atoms with Gasteiger partial charge in [-0.05, 0) is 30.5 Å². The van der Waals surface area contributed by atoms with Crippen molar-refractivity contribution in [2.45, 2.75) is 38.6 Å². The van der Waals surface area contributed by atoms with Crippen molar-refractivity contribution in [1.82, 2.24) is 4.98 Å². The quantitative estimate of drug-likeness (QED) is 0.547. The molecule has 134 valence electrons. The molecule has 3 aromatic rings. The second-order valence-corrected chi connectivity index (χ2v) is 8.24. The Balaban J connectivity index is 1.70. The molecule has 0 N–H and O–H groups in total. The number of nitrogens with zero attached hydrogens (tertiary/aromatic N) is 2. The topological polar surface area (TPSA) is 33.2 Å². The first-order chi connectivity index (χ1) is 12.7. The van der Waals surface area contributed by atoms with Crippen LogP contribution in [0.5, 0.6) is 0 Å². The van der Waals surface area contributed by atoms with E-state index in [0.29, 0.717) is 11.6 Å². The first-order valence-electron chi connectivity index (χ1n) is 9.13. The Morgan fingerprint density at radius 1 is 1.08 bits per heavy atom. The fourth-order valence-corrected chi connectivity index (χ4v) is 4.86. The highest BCUT2D eigenvalue weighted by molar-refractivity contribution is 7.22. The van der Waals surface area contributed by atoms with Gasteiger partial charge in [0.2, 0.25) is 5.91 Å². The maximum atomic E-state index is 13.3. The number of fused-ring (bicyclic) bond motifs is 1. The van der Waals surface area contributed by atoms with Crippen LogP contribution in [-0.4, -0.2) is 10.9 Å². The number of thiazole rings is 1. The molecule has 1 heterocycles. The largest absolute Gasteiger partial charge is 0.283 e. The number of hydrogen-bond acceptors (Lipinski definition) is 3. The summed E-state index contributed by atoms with van der Waals surface area (Å²) in [5.41, 5.74) is 1.89. The minimum absolute atomic E-state index is 0.106. The average molecular weight is 385 g/mol. The monoisotopic (exact) mass is 384 g/mol. The van der Waals surface area contributed by atoms with Crippen LogP contribution in [0.3, 0.4) is 0 Å². The van der Waals surface area contributed by atoms with Crippen molar-refractivity contribution < 1.29 is 4.79 Å². The Bertz CT molecular complexity index is 903. The van der Waals surface area contributed by atoms with E-state index in [-0.39, 0.29) is 11.8 Å². The van der Waals surface area contributed by atoms with Gasteiger partial charge in [0.05, 0.1) is 16.3 Å². The number of carbonyl (C=O) groups is 1. The summed E-state index contributed by atoms with van der Waals surface area (Å²) >= 11 is 7.84. The zero-order chi connectivity index (χ0) is 17.9. The average Bonchev–Trinajstić information content (AvgIpc) is 3.12. The molecule has 0 atom stereocenters. The van der Waals surface area contributed by atoms with Gasteiger partial charge in [0, 0.05) is 5.92 Å². The van der Waals surface area contributed by atoms with Crippen LogP contribution in [0.4, 0.5) is 5.13 Å². The molecule has 0 aliphatic heterocycles. The summed E-state index contributed by atoms with van der Waals surface area (Å²) < 4.78 is 1.02. The van der Waals surface area contributed by atoms with E-state index in [1.165, 1.54) is 6.42 Å². The molecule has 3 nitrogen and oxygen atoms in total. The molecule has 0 saturated heterocycles. The van der Waals surface area contributed by atoms with E-state index < -0.39 is 0 Å². The third-order valence-electron chi connectivity index (χ3n) is 4.99. The van der Waals surface area contributed by atoms with Gasteiger partial charge in [-0.2, -0.15) is 0 Å². The van der Waals surface area contributed by atoms with Crippen LogP contribution in [0.15, 0.2) is 48.5 Å². The standard InChI is InChI=1S/C21H21ClN2OS/c22-17-12-7-13-18-19(17)23-21(26-18)24(14-15-8-3-1-4-9-15)20(25)16-10-5-2-6-11-16/h1,3-4,7-9,12-13,16H,2,5-6,10-11,14H2. The van der Waals surface area contributed by atoms with Gasteiger partial charge in [0.1, 0.15) is 5.52 Å². The van der Waals surface area contributed by atoms with E-state index in [1.807, 2.05) is 41.3 Å². The Morgan fingerprint density at radius 2 is 1.85 bits per heavy atom. The third kappa shape index (κ3) is 3.62. The van der Waals surface area contributed by atoms with E-state index in [1.54, 1.807) is 11.3 Å². The predicted molar refractivity (Wildman–Crippen MR) is 109 cm³/mol. The summed E-state index contributed by atoms with van der Waals surface area (Å²) in [4.78, 5) is 19.9. The van der Waals surface area contributed by atoms with Crippen LogP contribution in [0.1, 0.15) is 37.7 Å². The molecular weight excluding hydrogens is 364 g/mol. The van der Waals surface area contributed by atoms with Crippen molar-refractivity contribution >= 4 is 44.2 Å². The van der Waals surface area contributed by atoms with E-state index in [0.717, 1.165) is 46.6 Å². The summed E-state index contributed by atoms with van der Waals surface area (Å²) in [7, 11) is 0. The lowest BCUT2D eigenvalue weighted by Crippen LogP contribution is -2.36. The normalized spacial score (nSPS) is 15.3. The Kier molecular flexibility index (Phi) is 5.23. The van der Waals surface area contributed by atoms with Gasteiger partial charge >= 0.3 is 0 Å². The number of anilines is 1. The molecule has 0 spiro atoms. The lowest BCUT2D eigenvalue weighted by atomic mass is 9.88. The lowest BCUT2D eigenvalue weighted by Gasteiger charge is -2.27. The van der Waals surface area contributed by atoms with Crippen LogP contribution < -0.4 is 4.90 Å². The van der Waals surface area contributed by atoms with E-state index in [4.69, 9.17) is 16.6 Å². The van der Waals surface area contributed by atoms with Gasteiger partial charge in [-0.1, -0.05) is 78.6 Å². The summed E-state index contributed by atoms with van der Waals surface area (Å²) in [6.07, 6.45) is 5.48. The van der Waals surface area contributed by atoms with E-state index >= 15 is 0 Å². The number of aromatic nitrogens is 1. The van der Waals surface area contributed by atoms with Gasteiger partial charge in [0.25, 0.3) is 0 Å². The molecule has 4 rings (SSSR count). The van der Waals surface area contributed by atoms with Gasteiger partial charge in [-0.25, -0.2) is 4.98 Å². The van der Waals surface area contributed by atoms with E-state index in [9.17, 15) is 4.79 Å². The SMILES string of the molecule is O=C(C1CCCCC1)N(Cc1ccccc1)c1nc2c(Cl)cccc2s1. The van der Waals surface area contributed by atoms with Crippen molar-refractivity contribution in [1.29, 1.82) is 0 Å². The number of amides is 1. The zero-order valence-electron chi connectivity index (χ0n) is 14.5. The van der Waals surface area contributed by atoms with Crippen LogP contribution in [0.2, 0.25) is 5.02 Å². The van der Waals surface area contributed by atoms with Crippen molar-refractivity contribution in [2.24, 2.45) is 5.92 Å². The number of rotatable bonds is 4. The summed E-state index contributed by atoms with van der Waals surface area (Å²) in [6.45, 7) is 0.549. The fourth-order valence-electron chi connectivity index (χ4n) is 3.59. The molecule has 1 saturated carbocycles. The summed E-state index contributed by atoms with van der Waals surface area (Å²) in [6, 6.07) is 15.9. The minimum atomic E-state index is 0.106. The van der Waals surface area contributed by atoms with Crippen LogP contribution in [-0.2, 0) is 11.3 Å². The summed E-state index contributed by atoms with van der Waals surface area (Å²) in [5, 5.41) is 1.38. The maximum Gasteiger partial charge on any atom is 0.232 e. The lowest BCUT2D eigenvalue weighted by molar-refractivity contribution is -0.123. The van der Waals surface area contributed by atoms with Crippen molar-refractivity contribution in [3.8, 4) is 0 Å². The Morgan fingerprint density at radius 3 is 2.58 bits per heavy atom. The third-order valence-corrected chi connectivity index (χ3v) is 6.34. The molecule has 1 fully saturated rings. The molecule has 1 aliphatic rings. The fraction of sp³-hybridized carbons (Fsp3) is 0.333. The number of para-hydroxylation sites is 1. The Hall–Kier alpha value is -1.91. The highest BCUT2D eigenvalue weighted by Gasteiger charge is 2.29. The molecule has 2 aromatic carbocycles. The Labute approximate surface area is 162 Å². The zero-order valence-corrected chi connectivity index (χ0v) is 16.1. The molecular formula is C21H21ClN2OS. The van der Waals surface area contributed by atoms with Gasteiger partial charge in [-0.15, -0.1) is 0 Å². The first kappa shape index (κ1) is 17.5. The molecule has 1 amide bonds. The second kappa shape index (κ2) is 7.77. The predicted octanol–water partition coefficient (Wildman–Crippen LogP) is 6.06. The molecule has 0 unspecified atom stereocenters. The molecule has 26 heavy (non-hydrogen) atoms. The highest BCUT2D eigenvalue weighted by Crippen LogP contribution is 2.35. The van der Waals surface area contributed by atoms with E-state index in [2.05, 4.69) is 12.1 Å². The molecule has 0 bridgehead atoms.